The van der Waals surface area contributed by atoms with Gasteiger partial charge in [0.15, 0.2) is 23.1 Å². The highest BCUT2D eigenvalue weighted by Gasteiger charge is 2.66. The van der Waals surface area contributed by atoms with Gasteiger partial charge < -0.3 is 9.47 Å². The van der Waals surface area contributed by atoms with Crippen LogP contribution in [0.5, 0.6) is 11.5 Å². The molecule has 0 N–H and O–H groups in total. The minimum Gasteiger partial charge on any atom is -0.491 e. The van der Waals surface area contributed by atoms with E-state index in [-0.39, 0.29) is 24.7 Å². The fraction of sp³-hybridized carbons (Fsp3) is 0.308. The van der Waals surface area contributed by atoms with E-state index in [4.69, 9.17) is 4.74 Å². The molecular formula is C26H18F10O2. The highest BCUT2D eigenvalue weighted by molar-refractivity contribution is 5.77. The smallest absolute Gasteiger partial charge is 0.429 e. The normalized spacial score (nSPS) is 15.6. The van der Waals surface area contributed by atoms with Crippen LogP contribution in [0.1, 0.15) is 42.5 Å². The lowest BCUT2D eigenvalue weighted by Crippen LogP contribution is -2.41. The molecule has 0 atom stereocenters. The van der Waals surface area contributed by atoms with Crippen molar-refractivity contribution in [1.29, 1.82) is 0 Å². The molecule has 0 bridgehead atoms. The Morgan fingerprint density at radius 3 is 1.82 bits per heavy atom. The molecule has 0 radical (unpaired) electrons. The van der Waals surface area contributed by atoms with E-state index in [1.54, 1.807) is 6.92 Å². The van der Waals surface area contributed by atoms with Crippen LogP contribution in [0.25, 0.3) is 11.1 Å². The van der Waals surface area contributed by atoms with Crippen LogP contribution in [0.15, 0.2) is 36.4 Å². The van der Waals surface area contributed by atoms with Gasteiger partial charge in [-0.25, -0.2) is 13.2 Å². The maximum absolute atomic E-state index is 15.3. The lowest BCUT2D eigenvalue weighted by molar-refractivity contribution is -0.228. The summed E-state index contributed by atoms with van der Waals surface area (Å²) < 4.78 is 157. The molecule has 3 aromatic carbocycles. The van der Waals surface area contributed by atoms with Crippen molar-refractivity contribution in [2.24, 2.45) is 0 Å². The average molecular weight is 552 g/mol. The molecule has 0 unspecified atom stereocenters. The molecule has 3 aromatic rings. The average Bonchev–Trinajstić information content (AvgIpc) is 2.83. The zero-order valence-electron chi connectivity index (χ0n) is 19.7. The molecule has 1 aliphatic carbocycles. The first kappa shape index (κ1) is 27.6. The topological polar surface area (TPSA) is 18.5 Å². The Labute approximate surface area is 209 Å². The Bertz CT molecular complexity index is 1400. The summed E-state index contributed by atoms with van der Waals surface area (Å²) in [7, 11) is 0. The molecule has 0 fully saturated rings. The van der Waals surface area contributed by atoms with Gasteiger partial charge in [0, 0.05) is 0 Å². The molecule has 2 nitrogen and oxygen atoms in total. The van der Waals surface area contributed by atoms with Crippen molar-refractivity contribution < 1.29 is 53.4 Å². The van der Waals surface area contributed by atoms with Gasteiger partial charge in [-0.05, 0) is 54.3 Å². The minimum atomic E-state index is -5.50. The third-order valence-electron chi connectivity index (χ3n) is 6.06. The number of rotatable bonds is 7. The van der Waals surface area contributed by atoms with Crippen LogP contribution in [0, 0.1) is 23.3 Å². The molecule has 12 heteroatoms. The van der Waals surface area contributed by atoms with Gasteiger partial charge in [-0.15, -0.1) is 0 Å². The summed E-state index contributed by atoms with van der Waals surface area (Å²) in [5, 5.41) is 0. The Hall–Kier alpha value is -3.44. The molecule has 38 heavy (non-hydrogen) atoms. The molecule has 0 amide bonds. The lowest BCUT2D eigenvalue weighted by Gasteiger charge is -2.36. The second-order valence-electron chi connectivity index (χ2n) is 8.45. The SMILES string of the molecule is CCCc1ccc(OC(F)(F)c2ccc3c(c2F)C(F)(F)C(F)(F)c2c-3ccc(OCC)c2F)c(F)c1F. The van der Waals surface area contributed by atoms with E-state index in [9.17, 15) is 30.7 Å². The summed E-state index contributed by atoms with van der Waals surface area (Å²) in [4.78, 5) is 0. The van der Waals surface area contributed by atoms with Crippen molar-refractivity contribution >= 4 is 0 Å². The molecule has 0 saturated carbocycles. The number of benzene rings is 3. The first-order valence-corrected chi connectivity index (χ1v) is 11.3. The van der Waals surface area contributed by atoms with Gasteiger partial charge in [-0.1, -0.05) is 25.5 Å². The van der Waals surface area contributed by atoms with E-state index < -0.39 is 80.5 Å². The molecule has 0 saturated heterocycles. The lowest BCUT2D eigenvalue weighted by atomic mass is 9.79. The summed E-state index contributed by atoms with van der Waals surface area (Å²) in [6.07, 6.45) is -4.45. The van der Waals surface area contributed by atoms with Crippen LogP contribution in [0.4, 0.5) is 43.9 Å². The zero-order valence-corrected chi connectivity index (χ0v) is 19.7. The molecule has 4 rings (SSSR count). The second kappa shape index (κ2) is 9.39. The predicted molar refractivity (Wildman–Crippen MR) is 116 cm³/mol. The monoisotopic (exact) mass is 552 g/mol. The fourth-order valence-electron chi connectivity index (χ4n) is 4.31. The number of alkyl halides is 6. The van der Waals surface area contributed by atoms with Crippen molar-refractivity contribution in [3.8, 4) is 22.6 Å². The molecule has 0 spiro atoms. The van der Waals surface area contributed by atoms with Crippen LogP contribution in [-0.4, -0.2) is 6.61 Å². The van der Waals surface area contributed by atoms with E-state index in [0.29, 0.717) is 18.6 Å². The molecule has 0 heterocycles. The summed E-state index contributed by atoms with van der Waals surface area (Å²) in [5.41, 5.74) is -7.87. The standard InChI is InChI=1S/C26H18F10O2/c1-3-5-12-6-10-17(23(30)20(12)27)38-26(35,36)15-9-7-13-14-8-11-16(37-4-2)22(29)19(14)25(33,34)24(31,32)18(13)21(15)28/h6-11H,3-5H2,1-2H3. The van der Waals surface area contributed by atoms with Crippen LogP contribution < -0.4 is 9.47 Å². The van der Waals surface area contributed by atoms with E-state index in [0.717, 1.165) is 18.2 Å². The quantitative estimate of drug-likeness (QED) is 0.274. The Balaban J connectivity index is 1.86. The van der Waals surface area contributed by atoms with Crippen molar-refractivity contribution in [2.75, 3.05) is 6.61 Å². The van der Waals surface area contributed by atoms with Crippen LogP contribution in [-0.2, 0) is 24.4 Å². The van der Waals surface area contributed by atoms with Crippen molar-refractivity contribution in [2.45, 2.75) is 44.6 Å². The van der Waals surface area contributed by atoms with Crippen LogP contribution in [0.3, 0.4) is 0 Å². The largest absolute Gasteiger partial charge is 0.491 e. The van der Waals surface area contributed by atoms with E-state index in [1.807, 2.05) is 0 Å². The molecule has 204 valence electrons. The van der Waals surface area contributed by atoms with E-state index >= 15 is 13.2 Å². The molecule has 1 aliphatic rings. The van der Waals surface area contributed by atoms with Crippen LogP contribution >= 0.6 is 0 Å². The molecular weight excluding hydrogens is 534 g/mol. The molecule has 0 aliphatic heterocycles. The summed E-state index contributed by atoms with van der Waals surface area (Å²) in [6.45, 7) is 2.85. The van der Waals surface area contributed by atoms with E-state index in [1.165, 1.54) is 6.92 Å². The Morgan fingerprint density at radius 2 is 1.24 bits per heavy atom. The predicted octanol–water partition coefficient (Wildman–Crippen LogP) is 8.59. The van der Waals surface area contributed by atoms with Gasteiger partial charge in [-0.3, -0.25) is 0 Å². The zero-order chi connectivity index (χ0) is 28.2. The van der Waals surface area contributed by atoms with Crippen molar-refractivity contribution in [3.63, 3.8) is 0 Å². The number of halogens is 10. The number of hydrogen-bond acceptors (Lipinski definition) is 2. The maximum Gasteiger partial charge on any atom is 0.429 e. The van der Waals surface area contributed by atoms with Crippen molar-refractivity contribution in [1.82, 2.24) is 0 Å². The van der Waals surface area contributed by atoms with Gasteiger partial charge in [0.05, 0.1) is 17.7 Å². The maximum atomic E-state index is 15.3. The van der Waals surface area contributed by atoms with Gasteiger partial charge in [0.25, 0.3) is 0 Å². The Morgan fingerprint density at radius 1 is 0.684 bits per heavy atom. The number of fused-ring (bicyclic) bond motifs is 3. The van der Waals surface area contributed by atoms with Crippen molar-refractivity contribution in [3.05, 3.63) is 81.9 Å². The minimum absolute atomic E-state index is 0.0658. The number of ether oxygens (including phenoxy) is 2. The Kier molecular flexibility index (Phi) is 6.82. The second-order valence-corrected chi connectivity index (χ2v) is 8.45. The van der Waals surface area contributed by atoms with Crippen LogP contribution in [0.2, 0.25) is 0 Å². The number of aryl methyl sites for hydroxylation is 1. The van der Waals surface area contributed by atoms with Gasteiger partial charge in [0.2, 0.25) is 5.82 Å². The third kappa shape index (κ3) is 4.04. The fourth-order valence-corrected chi connectivity index (χ4v) is 4.31. The summed E-state index contributed by atoms with van der Waals surface area (Å²) >= 11 is 0. The van der Waals surface area contributed by atoms with E-state index in [2.05, 4.69) is 4.74 Å². The number of hydrogen-bond donors (Lipinski definition) is 0. The first-order valence-electron chi connectivity index (χ1n) is 11.3. The van der Waals surface area contributed by atoms with Gasteiger partial charge >= 0.3 is 18.0 Å². The van der Waals surface area contributed by atoms with Gasteiger partial charge in [0.1, 0.15) is 11.4 Å². The summed E-state index contributed by atoms with van der Waals surface area (Å²) in [5.74, 6) is -20.6. The van der Waals surface area contributed by atoms with Gasteiger partial charge in [-0.2, -0.15) is 30.7 Å². The first-order chi connectivity index (χ1) is 17.7. The highest BCUT2D eigenvalue weighted by Crippen LogP contribution is 2.60. The molecule has 0 aromatic heterocycles. The summed E-state index contributed by atoms with van der Waals surface area (Å²) in [6, 6.07) is 3.94. The highest BCUT2D eigenvalue weighted by atomic mass is 19.3. The third-order valence-corrected chi connectivity index (χ3v) is 6.06.